The van der Waals surface area contributed by atoms with E-state index in [1.54, 1.807) is 4.90 Å². The number of carboxylic acid groups (broad SMARTS) is 1. The molecule has 0 saturated carbocycles. The van der Waals surface area contributed by atoms with Crippen molar-refractivity contribution in [1.82, 2.24) is 10.2 Å². The quantitative estimate of drug-likeness (QED) is 0.533. The Morgan fingerprint density at radius 1 is 1.44 bits per heavy atom. The molecular weight excluding hydrogens is 247 g/mol. The maximum atomic E-state index is 11.7. The summed E-state index contributed by atoms with van der Waals surface area (Å²) in [6.07, 6.45) is 0.377. The van der Waals surface area contributed by atoms with Gasteiger partial charge in [0, 0.05) is 25.7 Å². The van der Waals surface area contributed by atoms with Crippen LogP contribution in [0.1, 0.15) is 27.2 Å². The number of rotatable bonds is 3. The van der Waals surface area contributed by atoms with Gasteiger partial charge in [0.2, 0.25) is 0 Å². The number of nitrogens with zero attached hydrogens (tertiary/aromatic N) is 1. The van der Waals surface area contributed by atoms with Crippen LogP contribution in [0.25, 0.3) is 0 Å². The number of aliphatic carboxylic acids is 1. The van der Waals surface area contributed by atoms with Crippen LogP contribution in [0.2, 0.25) is 0 Å². The zero-order valence-electron chi connectivity index (χ0n) is 11.5. The van der Waals surface area contributed by atoms with Crippen LogP contribution in [0.3, 0.4) is 0 Å². The van der Waals surface area contributed by atoms with Crippen molar-refractivity contribution in [2.24, 2.45) is 0 Å². The summed E-state index contributed by atoms with van der Waals surface area (Å²) in [4.78, 5) is 23.6. The number of carboxylic acids is 1. The Kier molecular flexibility index (Phi) is 7.21. The number of hydrogen-bond donors (Lipinski definition) is 1. The fourth-order valence-corrected chi connectivity index (χ4v) is 1.65. The molecule has 1 aliphatic rings. The molecule has 6 nitrogen and oxygen atoms in total. The second kappa shape index (κ2) is 7.33. The van der Waals surface area contributed by atoms with Gasteiger partial charge in [0.1, 0.15) is 5.60 Å². The second-order valence-corrected chi connectivity index (χ2v) is 5.16. The van der Waals surface area contributed by atoms with Crippen molar-refractivity contribution in [3.8, 4) is 0 Å². The van der Waals surface area contributed by atoms with E-state index in [4.69, 9.17) is 4.74 Å². The number of hydrogen-bond acceptors (Lipinski definition) is 5. The summed E-state index contributed by atoms with van der Waals surface area (Å²) in [7, 11) is 0. The van der Waals surface area contributed by atoms with Crippen molar-refractivity contribution in [1.29, 1.82) is 0 Å². The van der Waals surface area contributed by atoms with Gasteiger partial charge in [0.05, 0.1) is 5.97 Å². The van der Waals surface area contributed by atoms with Crippen LogP contribution in [0.15, 0.2) is 0 Å². The zero-order chi connectivity index (χ0) is 13.1. The van der Waals surface area contributed by atoms with Gasteiger partial charge >= 0.3 is 35.7 Å². The van der Waals surface area contributed by atoms with Crippen molar-refractivity contribution in [3.05, 3.63) is 0 Å². The molecule has 0 aliphatic carbocycles. The predicted molar refractivity (Wildman–Crippen MR) is 59.2 cm³/mol. The number of carbonyl (C=O) groups is 2. The minimum atomic E-state index is -1.14. The average Bonchev–Trinajstić information content (AvgIpc) is 2.60. The maximum absolute atomic E-state index is 11.7. The first-order valence-corrected chi connectivity index (χ1v) is 5.69. The second-order valence-electron chi connectivity index (χ2n) is 5.16. The molecule has 1 N–H and O–H groups in total. The van der Waals surface area contributed by atoms with Gasteiger partial charge in [-0.2, -0.15) is 0 Å². The van der Waals surface area contributed by atoms with E-state index in [2.05, 4.69) is 5.32 Å². The molecular formula is C11H19N2NaO4. The summed E-state index contributed by atoms with van der Waals surface area (Å²) in [5, 5.41) is 13.1. The molecule has 1 amide bonds. The summed E-state index contributed by atoms with van der Waals surface area (Å²) in [6.45, 7) is 6.31. The van der Waals surface area contributed by atoms with E-state index in [0.717, 1.165) is 6.42 Å². The molecule has 0 radical (unpaired) electrons. The summed E-state index contributed by atoms with van der Waals surface area (Å²) >= 11 is 0. The largest absolute Gasteiger partial charge is 1.00 e. The Labute approximate surface area is 129 Å². The van der Waals surface area contributed by atoms with Gasteiger partial charge in [-0.05, 0) is 27.2 Å². The van der Waals surface area contributed by atoms with E-state index in [1.807, 2.05) is 20.8 Å². The topological polar surface area (TPSA) is 81.7 Å². The van der Waals surface area contributed by atoms with Crippen molar-refractivity contribution in [3.63, 3.8) is 0 Å². The third-order valence-corrected chi connectivity index (χ3v) is 2.38. The Hall–Kier alpha value is -0.300. The zero-order valence-corrected chi connectivity index (χ0v) is 13.5. The average molecular weight is 266 g/mol. The number of amides is 1. The molecule has 7 heteroatoms. The van der Waals surface area contributed by atoms with Gasteiger partial charge in [0.15, 0.2) is 0 Å². The predicted octanol–water partition coefficient (Wildman–Crippen LogP) is -3.66. The Bertz CT molecular complexity index is 304. The Balaban J connectivity index is 0.00000289. The van der Waals surface area contributed by atoms with Gasteiger partial charge in [-0.25, -0.2) is 4.79 Å². The molecule has 98 valence electrons. The van der Waals surface area contributed by atoms with E-state index in [0.29, 0.717) is 13.1 Å². The summed E-state index contributed by atoms with van der Waals surface area (Å²) in [6, 6.07) is 0.000387. The van der Waals surface area contributed by atoms with Crippen molar-refractivity contribution in [2.75, 3.05) is 19.6 Å². The normalized spacial score (nSPS) is 19.3. The SMILES string of the molecule is CC(C)(C)OC(=O)N1CC[C@@H](NCC(=O)[O-])C1.[Na+]. The van der Waals surface area contributed by atoms with Crippen molar-refractivity contribution in [2.45, 2.75) is 38.8 Å². The van der Waals surface area contributed by atoms with E-state index in [9.17, 15) is 14.7 Å². The van der Waals surface area contributed by atoms with Crippen LogP contribution in [-0.2, 0) is 9.53 Å². The molecule has 1 aliphatic heterocycles. The van der Waals surface area contributed by atoms with Crippen LogP contribution < -0.4 is 40.0 Å². The number of ether oxygens (including phenoxy) is 1. The molecule has 1 fully saturated rings. The molecule has 1 saturated heterocycles. The first-order chi connectivity index (χ1) is 7.78. The molecule has 0 spiro atoms. The van der Waals surface area contributed by atoms with Crippen LogP contribution in [-0.4, -0.2) is 48.2 Å². The van der Waals surface area contributed by atoms with E-state index < -0.39 is 11.6 Å². The summed E-state index contributed by atoms with van der Waals surface area (Å²) < 4.78 is 5.23. The third-order valence-electron chi connectivity index (χ3n) is 2.38. The van der Waals surface area contributed by atoms with E-state index in [1.165, 1.54) is 0 Å². The first-order valence-electron chi connectivity index (χ1n) is 5.69. The third kappa shape index (κ3) is 6.58. The fraction of sp³-hybridized carbons (Fsp3) is 0.818. The summed E-state index contributed by atoms with van der Waals surface area (Å²) in [5.74, 6) is -1.14. The number of nitrogens with one attached hydrogen (secondary N) is 1. The van der Waals surface area contributed by atoms with Gasteiger partial charge in [0.25, 0.3) is 0 Å². The van der Waals surface area contributed by atoms with E-state index >= 15 is 0 Å². The molecule has 1 rings (SSSR count). The Morgan fingerprint density at radius 3 is 2.56 bits per heavy atom. The molecule has 0 aromatic rings. The minimum Gasteiger partial charge on any atom is -0.549 e. The first kappa shape index (κ1) is 17.7. The van der Waals surface area contributed by atoms with Crippen LogP contribution >= 0.6 is 0 Å². The molecule has 0 unspecified atom stereocenters. The monoisotopic (exact) mass is 266 g/mol. The minimum absolute atomic E-state index is 0. The van der Waals surface area contributed by atoms with Crippen LogP contribution in [0.4, 0.5) is 4.79 Å². The molecule has 0 aromatic heterocycles. The molecule has 0 aromatic carbocycles. The maximum Gasteiger partial charge on any atom is 1.00 e. The van der Waals surface area contributed by atoms with Gasteiger partial charge in [-0.3, -0.25) is 0 Å². The number of likely N-dealkylation sites (tertiary alicyclic amines) is 1. The van der Waals surface area contributed by atoms with Gasteiger partial charge in [-0.1, -0.05) is 0 Å². The molecule has 0 bridgehead atoms. The van der Waals surface area contributed by atoms with E-state index in [-0.39, 0.29) is 48.2 Å². The van der Waals surface area contributed by atoms with Gasteiger partial charge in [-0.15, -0.1) is 0 Å². The molecule has 1 atom stereocenters. The van der Waals surface area contributed by atoms with Crippen LogP contribution in [0.5, 0.6) is 0 Å². The van der Waals surface area contributed by atoms with Crippen LogP contribution in [0, 0.1) is 0 Å². The molecule has 1 heterocycles. The molecule has 18 heavy (non-hydrogen) atoms. The Morgan fingerprint density at radius 2 is 2.06 bits per heavy atom. The van der Waals surface area contributed by atoms with Crippen molar-refractivity contribution >= 4 is 12.1 Å². The standard InChI is InChI=1S/C11H20N2O4.Na/c1-11(2,3)17-10(16)13-5-4-8(7-13)12-6-9(14)15;/h8,12H,4-7H2,1-3H3,(H,14,15);/q;+1/p-1/t8-;/m1./s1. The number of carbonyl (C=O) groups excluding carboxylic acids is 2. The smallest absolute Gasteiger partial charge is 0.549 e. The summed E-state index contributed by atoms with van der Waals surface area (Å²) in [5.41, 5.74) is -0.506. The van der Waals surface area contributed by atoms with Crippen molar-refractivity contribution < 1.29 is 49.0 Å². The van der Waals surface area contributed by atoms with Gasteiger partial charge < -0.3 is 24.9 Å². The fourth-order valence-electron chi connectivity index (χ4n) is 1.65.